The van der Waals surface area contributed by atoms with Crippen LogP contribution in [0.15, 0.2) is 48.5 Å². The lowest BCUT2D eigenvalue weighted by Crippen LogP contribution is -2.25. The van der Waals surface area contributed by atoms with Gasteiger partial charge in [0.25, 0.3) is 0 Å². The summed E-state index contributed by atoms with van der Waals surface area (Å²) in [5, 5.41) is 3.75. The van der Waals surface area contributed by atoms with E-state index in [-0.39, 0.29) is 11.8 Å². The molecule has 1 aromatic carbocycles. The van der Waals surface area contributed by atoms with Gasteiger partial charge in [0.15, 0.2) is 0 Å². The van der Waals surface area contributed by atoms with Crippen molar-refractivity contribution in [2.75, 3.05) is 12.4 Å². The maximum Gasteiger partial charge on any atom is 0.229 e. The number of amides is 1. The van der Waals surface area contributed by atoms with Gasteiger partial charge < -0.3 is 9.64 Å². The third kappa shape index (κ3) is 4.16. The topological polar surface area (TPSA) is 67.3 Å². The number of rotatable bonds is 4. The number of aromatic nitrogens is 2. The molecule has 0 bridgehead atoms. The Morgan fingerprint density at radius 1 is 1.25 bits per heavy atom. The number of carbonyl (C=O) groups excluding carboxylic acids is 1. The Bertz CT molecular complexity index is 931. The molecule has 1 saturated carbocycles. The van der Waals surface area contributed by atoms with Crippen LogP contribution >= 0.6 is 0 Å². The molecule has 1 aromatic heterocycles. The summed E-state index contributed by atoms with van der Waals surface area (Å²) in [6.07, 6.45) is 13.1. The highest BCUT2D eigenvalue weighted by atomic mass is 16.5. The third-order valence-corrected chi connectivity index (χ3v) is 5.52. The minimum absolute atomic E-state index is 0.0362. The second kappa shape index (κ2) is 8.00. The van der Waals surface area contributed by atoms with Crippen molar-refractivity contribution in [3.63, 3.8) is 0 Å². The van der Waals surface area contributed by atoms with E-state index in [9.17, 15) is 4.79 Å². The number of ether oxygens (including phenoxy) is 1. The van der Waals surface area contributed by atoms with Gasteiger partial charge in [-0.25, -0.2) is 9.97 Å². The van der Waals surface area contributed by atoms with Gasteiger partial charge in [-0.05, 0) is 50.1 Å². The molecule has 1 aliphatic carbocycles. The first-order valence-electron chi connectivity index (χ1n) is 9.96. The second-order valence-corrected chi connectivity index (χ2v) is 7.63. The highest BCUT2D eigenvalue weighted by Crippen LogP contribution is 2.26. The monoisotopic (exact) mass is 378 g/mol. The lowest BCUT2D eigenvalue weighted by Gasteiger charge is -2.24. The van der Waals surface area contributed by atoms with Gasteiger partial charge in [-0.15, -0.1) is 0 Å². The summed E-state index contributed by atoms with van der Waals surface area (Å²) in [5.41, 5.74) is 0.780. The number of hydrogen-bond acceptors (Lipinski definition) is 5. The molecule has 1 fully saturated rings. The lowest BCUT2D eigenvalue weighted by atomic mass is 9.89. The zero-order valence-electron chi connectivity index (χ0n) is 16.4. The first-order valence-corrected chi connectivity index (χ1v) is 9.96. The van der Waals surface area contributed by atoms with Crippen LogP contribution in [0.1, 0.15) is 39.0 Å². The van der Waals surface area contributed by atoms with Crippen LogP contribution in [0, 0.1) is 5.92 Å². The van der Waals surface area contributed by atoms with E-state index in [2.05, 4.69) is 33.2 Å². The number of allylic oxidation sites excluding steroid dienone is 1. The van der Waals surface area contributed by atoms with E-state index in [1.807, 2.05) is 37.5 Å². The van der Waals surface area contributed by atoms with Gasteiger partial charge in [0.05, 0.1) is 5.52 Å². The molecule has 2 aromatic rings. The number of anilines is 1. The predicted octanol–water partition coefficient (Wildman–Crippen LogP) is 4.26. The van der Waals surface area contributed by atoms with Crippen molar-refractivity contribution < 1.29 is 9.53 Å². The van der Waals surface area contributed by atoms with Crippen LogP contribution in [0.5, 0.6) is 5.75 Å². The van der Waals surface area contributed by atoms with Crippen molar-refractivity contribution in [2.45, 2.75) is 45.1 Å². The average molecular weight is 378 g/mol. The second-order valence-electron chi connectivity index (χ2n) is 7.63. The van der Waals surface area contributed by atoms with Gasteiger partial charge in [0, 0.05) is 36.8 Å². The van der Waals surface area contributed by atoms with E-state index in [4.69, 9.17) is 4.74 Å². The van der Waals surface area contributed by atoms with Gasteiger partial charge in [0.1, 0.15) is 11.5 Å². The molecule has 6 heteroatoms. The maximum atomic E-state index is 12.4. The molecule has 0 radical (unpaired) electrons. The summed E-state index contributed by atoms with van der Waals surface area (Å²) < 4.78 is 5.98. The summed E-state index contributed by atoms with van der Waals surface area (Å²) in [6.45, 7) is 2.12. The van der Waals surface area contributed by atoms with Crippen molar-refractivity contribution in [1.29, 1.82) is 0 Å². The number of benzene rings is 1. The Labute approximate surface area is 165 Å². The van der Waals surface area contributed by atoms with Crippen LogP contribution in [0.2, 0.25) is 0 Å². The Hall–Kier alpha value is -2.89. The minimum atomic E-state index is 0.0362. The third-order valence-electron chi connectivity index (χ3n) is 5.52. The van der Waals surface area contributed by atoms with Crippen molar-refractivity contribution in [2.24, 2.45) is 5.92 Å². The van der Waals surface area contributed by atoms with Gasteiger partial charge >= 0.3 is 0 Å². The van der Waals surface area contributed by atoms with Crippen LogP contribution in [0.25, 0.3) is 10.9 Å². The van der Waals surface area contributed by atoms with E-state index < -0.39 is 0 Å². The number of nitrogens with zero attached hydrogens (tertiary/aromatic N) is 3. The number of nitrogens with one attached hydrogen (secondary N) is 1. The van der Waals surface area contributed by atoms with Gasteiger partial charge in [-0.3, -0.25) is 10.1 Å². The van der Waals surface area contributed by atoms with Crippen LogP contribution in [-0.4, -0.2) is 33.9 Å². The Kier molecular flexibility index (Phi) is 5.28. The normalized spacial score (nSPS) is 20.1. The molecule has 2 heterocycles. The van der Waals surface area contributed by atoms with Crippen molar-refractivity contribution in [3.8, 4) is 5.75 Å². The zero-order chi connectivity index (χ0) is 19.5. The average Bonchev–Trinajstić information content (AvgIpc) is 2.71. The fourth-order valence-electron chi connectivity index (χ4n) is 3.65. The Balaban J connectivity index is 1.46. The number of carbonyl (C=O) groups is 1. The maximum absolute atomic E-state index is 12.4. The SMILES string of the molecule is CC1C=C(Oc2ccc3nc(NC(=O)C4CCCCC4)ncc3c2)C=CN1C. The molecule has 1 amide bonds. The highest BCUT2D eigenvalue weighted by Gasteiger charge is 2.21. The molecule has 0 spiro atoms. The van der Waals surface area contributed by atoms with Crippen molar-refractivity contribution >= 4 is 22.8 Å². The molecule has 1 atom stereocenters. The molecule has 0 saturated heterocycles. The van der Waals surface area contributed by atoms with Crippen LogP contribution < -0.4 is 10.1 Å². The molecule has 1 N–H and O–H groups in total. The Morgan fingerprint density at radius 3 is 2.86 bits per heavy atom. The summed E-state index contributed by atoms with van der Waals surface area (Å²) in [7, 11) is 2.03. The summed E-state index contributed by atoms with van der Waals surface area (Å²) in [6, 6.07) is 5.99. The highest BCUT2D eigenvalue weighted by molar-refractivity contribution is 5.92. The minimum Gasteiger partial charge on any atom is -0.458 e. The standard InChI is InChI=1S/C22H26N4O2/c1-15-12-19(10-11-26(15)2)28-18-8-9-20-17(13-18)14-23-22(24-20)25-21(27)16-6-4-3-5-7-16/h8-16H,3-7H2,1-2H3,(H,23,24,25,27). The predicted molar refractivity (Wildman–Crippen MR) is 110 cm³/mol. The number of hydrogen-bond donors (Lipinski definition) is 1. The van der Waals surface area contributed by atoms with Crippen molar-refractivity contribution in [1.82, 2.24) is 14.9 Å². The number of likely N-dealkylation sites (N-methyl/N-ethyl adjacent to an activating group) is 1. The van der Waals surface area contributed by atoms with Crippen LogP contribution in [-0.2, 0) is 4.79 Å². The fraction of sp³-hybridized carbons (Fsp3) is 0.409. The summed E-state index contributed by atoms with van der Waals surface area (Å²) in [5.74, 6) is 2.05. The molecule has 28 heavy (non-hydrogen) atoms. The van der Waals surface area contributed by atoms with Gasteiger partial charge in [-0.1, -0.05) is 19.3 Å². The fourth-order valence-corrected chi connectivity index (χ4v) is 3.65. The smallest absolute Gasteiger partial charge is 0.229 e. The van der Waals surface area contributed by atoms with Crippen LogP contribution in [0.4, 0.5) is 5.95 Å². The van der Waals surface area contributed by atoms with Crippen molar-refractivity contribution in [3.05, 3.63) is 48.5 Å². The molecule has 4 rings (SSSR count). The quantitative estimate of drug-likeness (QED) is 0.861. The molecule has 146 valence electrons. The first kappa shape index (κ1) is 18.5. The van der Waals surface area contributed by atoms with E-state index in [1.165, 1.54) is 6.42 Å². The molecule has 1 unspecified atom stereocenters. The number of fused-ring (bicyclic) bond motifs is 1. The van der Waals surface area contributed by atoms with E-state index in [0.29, 0.717) is 12.0 Å². The van der Waals surface area contributed by atoms with Crippen LogP contribution in [0.3, 0.4) is 0 Å². The molecular weight excluding hydrogens is 352 g/mol. The molecular formula is C22H26N4O2. The zero-order valence-corrected chi connectivity index (χ0v) is 16.4. The largest absolute Gasteiger partial charge is 0.458 e. The molecule has 6 nitrogen and oxygen atoms in total. The Morgan fingerprint density at radius 2 is 2.07 bits per heavy atom. The summed E-state index contributed by atoms with van der Waals surface area (Å²) in [4.78, 5) is 23.3. The van der Waals surface area contributed by atoms with E-state index in [1.54, 1.807) is 6.20 Å². The lowest BCUT2D eigenvalue weighted by molar-refractivity contribution is -0.120. The van der Waals surface area contributed by atoms with Gasteiger partial charge in [0.2, 0.25) is 11.9 Å². The summed E-state index contributed by atoms with van der Waals surface area (Å²) >= 11 is 0. The van der Waals surface area contributed by atoms with Gasteiger partial charge in [-0.2, -0.15) is 0 Å². The van der Waals surface area contributed by atoms with E-state index in [0.717, 1.165) is 48.1 Å². The molecule has 1 aliphatic heterocycles. The molecule has 2 aliphatic rings. The van der Waals surface area contributed by atoms with E-state index >= 15 is 0 Å². The first-order chi connectivity index (χ1) is 13.6.